The van der Waals surface area contributed by atoms with Gasteiger partial charge in [-0.25, -0.2) is 0 Å². The molecule has 0 aliphatic carbocycles. The number of phenols is 3. The van der Waals surface area contributed by atoms with Crippen molar-refractivity contribution in [3.63, 3.8) is 0 Å². The number of nitrogens with two attached hydrogens (primary N) is 2. The predicted octanol–water partition coefficient (Wildman–Crippen LogP) is 9.82. The van der Waals surface area contributed by atoms with Crippen LogP contribution in [0.3, 0.4) is 0 Å². The highest BCUT2D eigenvalue weighted by Gasteiger charge is 2.20. The molecule has 0 radical (unpaired) electrons. The van der Waals surface area contributed by atoms with Gasteiger partial charge in [-0.2, -0.15) is 19.9 Å². The first kappa shape index (κ1) is 51.7. The van der Waals surface area contributed by atoms with Crippen LogP contribution in [-0.2, 0) is 0 Å². The molecule has 394 valence electrons. The fraction of sp³-hybridized carbons (Fsp3) is 0.100. The molecule has 7 aromatic carbocycles. The molecule has 0 atom stereocenters. The topological polar surface area (TPSA) is 269 Å². The maximum absolute atomic E-state index is 9.95. The monoisotopic (exact) mass is 1050 g/mol. The molecule has 0 bridgehead atoms. The second-order valence-electron chi connectivity index (χ2n) is 18.1. The molecule has 79 heavy (non-hydrogen) atoms. The number of aromatic nitrogens is 4. The normalized spacial score (nSPS) is 13.0. The third-order valence-corrected chi connectivity index (χ3v) is 12.4. The number of aliphatic imine (C=N–C) groups is 2. The second-order valence-corrected chi connectivity index (χ2v) is 18.1. The number of oxime groups is 1. The minimum atomic E-state index is -0.226. The van der Waals surface area contributed by atoms with E-state index >= 15 is 0 Å². The van der Waals surface area contributed by atoms with E-state index in [1.54, 1.807) is 54.6 Å². The Kier molecular flexibility index (Phi) is 15.3. The number of hydrogen-bond donors (Lipinski definition) is 6. The molecule has 2 aliphatic heterocycles. The number of hydrogen-bond acceptors (Lipinski definition) is 17. The second kappa shape index (κ2) is 23.4. The molecule has 0 spiro atoms. The zero-order valence-electron chi connectivity index (χ0n) is 42.8. The lowest BCUT2D eigenvalue weighted by Crippen LogP contribution is -2.23. The Labute approximate surface area is 454 Å². The highest BCUT2D eigenvalue weighted by molar-refractivity contribution is 6.01. The molecule has 2 aliphatic rings. The molecule has 19 heteroatoms. The summed E-state index contributed by atoms with van der Waals surface area (Å²) in [6.45, 7) is 3.24. The summed E-state index contributed by atoms with van der Waals surface area (Å²) in [4.78, 5) is 37.0. The van der Waals surface area contributed by atoms with E-state index in [-0.39, 0.29) is 58.5 Å². The minimum Gasteiger partial charge on any atom is -0.508 e. The van der Waals surface area contributed by atoms with Gasteiger partial charge in [0.2, 0.25) is 5.88 Å². The molecule has 4 heterocycles. The van der Waals surface area contributed by atoms with E-state index < -0.39 is 0 Å². The fourth-order valence-corrected chi connectivity index (χ4v) is 8.40. The molecule has 0 fully saturated rings. The van der Waals surface area contributed by atoms with Gasteiger partial charge >= 0.3 is 12.0 Å². The van der Waals surface area contributed by atoms with Gasteiger partial charge < -0.3 is 55.6 Å². The fourth-order valence-electron chi connectivity index (χ4n) is 8.40. The number of nitrogens with one attached hydrogen (secondary N) is 1. The van der Waals surface area contributed by atoms with Crippen molar-refractivity contribution in [2.45, 2.75) is 0 Å². The first-order valence-electron chi connectivity index (χ1n) is 24.8. The smallest absolute Gasteiger partial charge is 0.325 e. The summed E-state index contributed by atoms with van der Waals surface area (Å²) in [6, 6.07) is 53.8. The summed E-state index contributed by atoms with van der Waals surface area (Å²) in [5.41, 5.74) is 19.3. The average molecular weight is 1050 g/mol. The molecule has 11 rings (SSSR count). The van der Waals surface area contributed by atoms with Gasteiger partial charge in [0.25, 0.3) is 5.88 Å². The van der Waals surface area contributed by atoms with Crippen LogP contribution in [0.5, 0.6) is 58.3 Å². The van der Waals surface area contributed by atoms with Crippen LogP contribution < -0.4 is 30.5 Å². The lowest BCUT2D eigenvalue weighted by atomic mass is 10.0. The number of likely N-dealkylation sites (N-methyl/N-ethyl adjacent to an activating group) is 2. The predicted molar refractivity (Wildman–Crippen MR) is 302 cm³/mol. The van der Waals surface area contributed by atoms with E-state index in [0.717, 1.165) is 65.7 Å². The van der Waals surface area contributed by atoms with E-state index in [1.807, 2.05) is 99.0 Å². The van der Waals surface area contributed by atoms with Gasteiger partial charge in [-0.15, -0.1) is 0 Å². The van der Waals surface area contributed by atoms with Crippen molar-refractivity contribution in [3.05, 3.63) is 204 Å². The Balaban J connectivity index is 0.000000180. The number of amidine groups is 4. The lowest BCUT2D eigenvalue weighted by molar-refractivity contribution is 0.318. The van der Waals surface area contributed by atoms with Gasteiger partial charge in [-0.3, -0.25) is 15.4 Å². The van der Waals surface area contributed by atoms with Gasteiger partial charge in [-0.1, -0.05) is 84.0 Å². The molecular weight excluding hydrogens is 1000 g/mol. The maximum Gasteiger partial charge on any atom is 0.325 e. The molecule has 0 saturated heterocycles. The SMILES string of the molecule is CN1CCN=C1c1cccc(Oc2nc(ON=C(N)c3ccc(O)cc3)cc(-c3ccc(-c4ccccc4)cc3)n2)c1.CN1CCN=C1c1cccc(Oc2nc(Oc3cc(O)ccc3C(=N)N)cc(-c3ccc(O)cc3)n2)c1. The zero-order chi connectivity index (χ0) is 54.8. The number of rotatable bonds is 15. The summed E-state index contributed by atoms with van der Waals surface area (Å²) in [5.74, 6) is 3.37. The Morgan fingerprint density at radius 2 is 0.975 bits per heavy atom. The third-order valence-electron chi connectivity index (χ3n) is 12.4. The largest absolute Gasteiger partial charge is 0.508 e. The van der Waals surface area contributed by atoms with Crippen molar-refractivity contribution in [1.82, 2.24) is 29.7 Å². The lowest BCUT2D eigenvalue weighted by Gasteiger charge is -2.15. The number of nitrogens with zero attached hydrogens (tertiary/aromatic N) is 9. The highest BCUT2D eigenvalue weighted by atomic mass is 16.6. The van der Waals surface area contributed by atoms with E-state index in [4.69, 9.17) is 35.9 Å². The molecule has 0 saturated carbocycles. The van der Waals surface area contributed by atoms with Crippen molar-refractivity contribution < 1.29 is 34.4 Å². The van der Waals surface area contributed by atoms with Gasteiger partial charge in [0.1, 0.15) is 52.0 Å². The van der Waals surface area contributed by atoms with Crippen LogP contribution in [0.2, 0.25) is 0 Å². The summed E-state index contributed by atoms with van der Waals surface area (Å²) < 4.78 is 18.1. The van der Waals surface area contributed by atoms with Crippen LogP contribution >= 0.6 is 0 Å². The number of aromatic hydroxyl groups is 3. The van der Waals surface area contributed by atoms with Crippen LogP contribution in [0.4, 0.5) is 0 Å². The van der Waals surface area contributed by atoms with Gasteiger partial charge in [0.05, 0.1) is 30.0 Å². The third kappa shape index (κ3) is 12.8. The van der Waals surface area contributed by atoms with Crippen molar-refractivity contribution in [3.8, 4) is 91.9 Å². The Morgan fingerprint density at radius 1 is 0.494 bits per heavy atom. The van der Waals surface area contributed by atoms with E-state index in [9.17, 15) is 15.3 Å². The minimum absolute atomic E-state index is 0.0176. The van der Waals surface area contributed by atoms with Gasteiger partial charge in [0.15, 0.2) is 5.84 Å². The van der Waals surface area contributed by atoms with Gasteiger partial charge in [-0.05, 0) is 96.1 Å². The Morgan fingerprint density at radius 3 is 1.52 bits per heavy atom. The summed E-state index contributed by atoms with van der Waals surface area (Å²) in [6.07, 6.45) is 0. The van der Waals surface area contributed by atoms with Crippen LogP contribution in [0.25, 0.3) is 33.6 Å². The average Bonchev–Trinajstić information content (AvgIpc) is 4.11. The zero-order valence-corrected chi connectivity index (χ0v) is 42.8. The Bertz CT molecular complexity index is 3750. The standard InChI is InChI=1S/C33H28N6O3.C27H24N6O4/c1-39-19-18-35-32(39)26-8-5-9-28(20-26)41-33-36-29(24-12-10-23(11-13-24)22-6-3-2-4-7-22)21-30(37-33)42-38-31(34)25-14-16-27(40)17-15-25;1-33-12-11-30-26(33)17-3-2-4-20(13-17)36-27-31-22(16-5-7-18(34)8-6-16)15-24(32-27)37-23-14-19(35)9-10-21(23)25(28)29/h2-17,20-21,40H,18-19H2,1H3,(H2,34,38);2-10,13-15,34-35H,11-12H2,1H3,(H3,28,29). The maximum atomic E-state index is 9.95. The van der Waals surface area contributed by atoms with Crippen LogP contribution in [0.1, 0.15) is 22.3 Å². The van der Waals surface area contributed by atoms with Crippen LogP contribution in [-0.4, -0.2) is 109 Å². The van der Waals surface area contributed by atoms with E-state index in [1.165, 1.54) is 30.3 Å². The molecule has 9 aromatic rings. The quantitative estimate of drug-likeness (QED) is 0.0317. The van der Waals surface area contributed by atoms with Crippen LogP contribution in [0, 0.1) is 5.41 Å². The van der Waals surface area contributed by atoms with Crippen molar-refractivity contribution in [1.29, 1.82) is 5.41 Å². The van der Waals surface area contributed by atoms with Crippen molar-refractivity contribution in [2.24, 2.45) is 26.6 Å². The number of ether oxygens (including phenoxy) is 3. The highest BCUT2D eigenvalue weighted by Crippen LogP contribution is 2.34. The van der Waals surface area contributed by atoms with Crippen molar-refractivity contribution >= 4 is 23.3 Å². The summed E-state index contributed by atoms with van der Waals surface area (Å²) in [5, 5.41) is 41.1. The summed E-state index contributed by atoms with van der Waals surface area (Å²) >= 11 is 0. The molecule has 8 N–H and O–H groups in total. The number of benzene rings is 7. The number of nitrogen functional groups attached to an aromatic ring is 1. The number of phenolic OH excluding ortho intramolecular Hbond substituents is 3. The molecular formula is C60H52N12O7. The molecule has 0 unspecified atom stereocenters. The first-order valence-corrected chi connectivity index (χ1v) is 24.8. The molecule has 19 nitrogen and oxygen atoms in total. The van der Waals surface area contributed by atoms with Gasteiger partial charge in [0, 0.05) is 73.2 Å². The summed E-state index contributed by atoms with van der Waals surface area (Å²) in [7, 11) is 4.01. The van der Waals surface area contributed by atoms with Crippen molar-refractivity contribution in [2.75, 3.05) is 40.3 Å². The van der Waals surface area contributed by atoms with E-state index in [0.29, 0.717) is 39.6 Å². The first-order chi connectivity index (χ1) is 38.4. The van der Waals surface area contributed by atoms with E-state index in [2.05, 4.69) is 57.0 Å². The van der Waals surface area contributed by atoms with Crippen LogP contribution in [0.15, 0.2) is 197 Å². The molecule has 2 aromatic heterocycles. The Hall–Kier alpha value is -10.8. The molecule has 0 amide bonds.